The Morgan fingerprint density at radius 1 is 0.500 bits per heavy atom. The molecule has 0 amide bonds. The van der Waals surface area contributed by atoms with E-state index in [1.807, 2.05) is 97.3 Å². The molecule has 2 aromatic heterocycles. The van der Waals surface area contributed by atoms with Gasteiger partial charge in [-0.2, -0.15) is 0 Å². The summed E-state index contributed by atoms with van der Waals surface area (Å²) in [6, 6.07) is 36.0. The number of benzene rings is 4. The van der Waals surface area contributed by atoms with Gasteiger partial charge in [-0.3, -0.25) is 9.35 Å². The number of aromatic nitrogens is 2. The zero-order valence-corrected chi connectivity index (χ0v) is 19.8. The second-order valence-electron chi connectivity index (χ2n) is 8.44. The van der Waals surface area contributed by atoms with Gasteiger partial charge in [0, 0.05) is 23.2 Å². The SMILES string of the molecule is Nn1ccc2cc(OCc3ccccc3)ccc21.Nn1ccc2cc(OCc3ccccc3)ccc21. The first-order valence-corrected chi connectivity index (χ1v) is 11.7. The fraction of sp³-hybridized carbons (Fsp3) is 0.0667. The molecule has 36 heavy (non-hydrogen) atoms. The van der Waals surface area contributed by atoms with E-state index in [9.17, 15) is 0 Å². The number of fused-ring (bicyclic) bond motifs is 2. The van der Waals surface area contributed by atoms with Crippen LogP contribution in [0.25, 0.3) is 21.8 Å². The van der Waals surface area contributed by atoms with Gasteiger partial charge >= 0.3 is 0 Å². The summed E-state index contributed by atoms with van der Waals surface area (Å²) in [5, 5.41) is 2.17. The van der Waals surface area contributed by atoms with Crippen LogP contribution in [-0.4, -0.2) is 9.35 Å². The lowest BCUT2D eigenvalue weighted by Gasteiger charge is -2.06. The molecule has 0 bridgehead atoms. The molecule has 0 saturated carbocycles. The summed E-state index contributed by atoms with van der Waals surface area (Å²) in [7, 11) is 0. The quantitative estimate of drug-likeness (QED) is 0.295. The molecule has 4 aromatic carbocycles. The maximum Gasteiger partial charge on any atom is 0.120 e. The van der Waals surface area contributed by atoms with Crippen molar-refractivity contribution in [2.75, 3.05) is 11.7 Å². The molecule has 0 unspecified atom stereocenters. The Kier molecular flexibility index (Phi) is 6.76. The largest absolute Gasteiger partial charge is 0.489 e. The van der Waals surface area contributed by atoms with Gasteiger partial charge in [-0.1, -0.05) is 60.7 Å². The maximum absolute atomic E-state index is 5.77. The normalized spacial score (nSPS) is 10.7. The van der Waals surface area contributed by atoms with Crippen LogP contribution >= 0.6 is 0 Å². The second kappa shape index (κ2) is 10.6. The van der Waals surface area contributed by atoms with Crippen molar-refractivity contribution in [3.63, 3.8) is 0 Å². The predicted octanol–water partition coefficient (Wildman–Crippen LogP) is 5.87. The molecule has 6 rings (SSSR count). The minimum Gasteiger partial charge on any atom is -0.489 e. The van der Waals surface area contributed by atoms with Crippen molar-refractivity contribution in [1.82, 2.24) is 9.35 Å². The fourth-order valence-corrected chi connectivity index (χ4v) is 3.95. The molecule has 6 nitrogen and oxygen atoms in total. The topological polar surface area (TPSA) is 80.4 Å². The van der Waals surface area contributed by atoms with E-state index in [0.29, 0.717) is 13.2 Å². The molecule has 0 aliphatic carbocycles. The van der Waals surface area contributed by atoms with Gasteiger partial charge in [0.1, 0.15) is 24.7 Å². The van der Waals surface area contributed by atoms with E-state index >= 15 is 0 Å². The number of hydrogen-bond donors (Lipinski definition) is 2. The van der Waals surface area contributed by atoms with Gasteiger partial charge in [0.2, 0.25) is 0 Å². The Morgan fingerprint density at radius 2 is 0.917 bits per heavy atom. The van der Waals surface area contributed by atoms with Gasteiger partial charge in [0.15, 0.2) is 0 Å². The summed E-state index contributed by atoms with van der Waals surface area (Å²) in [5.74, 6) is 13.3. The van der Waals surface area contributed by atoms with Crippen LogP contribution in [-0.2, 0) is 13.2 Å². The monoisotopic (exact) mass is 476 g/mol. The smallest absolute Gasteiger partial charge is 0.120 e. The molecule has 0 radical (unpaired) electrons. The van der Waals surface area contributed by atoms with Crippen LogP contribution in [0.1, 0.15) is 11.1 Å². The summed E-state index contributed by atoms with van der Waals surface area (Å²) in [5.41, 5.74) is 4.33. The van der Waals surface area contributed by atoms with Gasteiger partial charge in [0.25, 0.3) is 0 Å². The highest BCUT2D eigenvalue weighted by Crippen LogP contribution is 2.22. The van der Waals surface area contributed by atoms with Crippen molar-refractivity contribution in [3.05, 3.63) is 133 Å². The van der Waals surface area contributed by atoms with Gasteiger partial charge in [0.05, 0.1) is 11.0 Å². The highest BCUT2D eigenvalue weighted by atomic mass is 16.5. The molecular formula is C30H28N4O2. The number of nitrogen functional groups attached to an aromatic ring is 2. The zero-order valence-electron chi connectivity index (χ0n) is 19.8. The summed E-state index contributed by atoms with van der Waals surface area (Å²) in [4.78, 5) is 0. The van der Waals surface area contributed by atoms with Crippen LogP contribution in [0.15, 0.2) is 122 Å². The fourth-order valence-electron chi connectivity index (χ4n) is 3.95. The Balaban J connectivity index is 0.000000148. The Bertz CT molecular complexity index is 1440. The number of nitrogens with zero attached hydrogens (tertiary/aromatic N) is 2. The number of hydrogen-bond acceptors (Lipinski definition) is 4. The van der Waals surface area contributed by atoms with Crippen molar-refractivity contribution in [2.24, 2.45) is 0 Å². The van der Waals surface area contributed by atoms with Crippen LogP contribution in [0.2, 0.25) is 0 Å². The first kappa shape index (κ1) is 22.9. The van der Waals surface area contributed by atoms with Crippen molar-refractivity contribution < 1.29 is 9.47 Å². The number of rotatable bonds is 6. The number of nitrogens with two attached hydrogens (primary N) is 2. The molecule has 0 saturated heterocycles. The van der Waals surface area contributed by atoms with E-state index in [1.54, 1.807) is 9.35 Å². The lowest BCUT2D eigenvalue weighted by atomic mass is 10.2. The van der Waals surface area contributed by atoms with E-state index in [4.69, 9.17) is 21.2 Å². The summed E-state index contributed by atoms with van der Waals surface area (Å²) >= 11 is 0. The lowest BCUT2D eigenvalue weighted by Crippen LogP contribution is -2.04. The van der Waals surface area contributed by atoms with Crippen LogP contribution in [0.5, 0.6) is 11.5 Å². The van der Waals surface area contributed by atoms with Crippen LogP contribution in [0.4, 0.5) is 0 Å². The lowest BCUT2D eigenvalue weighted by molar-refractivity contribution is 0.306. The van der Waals surface area contributed by atoms with Crippen LogP contribution in [0, 0.1) is 0 Å². The van der Waals surface area contributed by atoms with E-state index in [-0.39, 0.29) is 0 Å². The highest BCUT2D eigenvalue weighted by Gasteiger charge is 2.02. The third kappa shape index (κ3) is 5.45. The molecule has 0 aliphatic heterocycles. The summed E-state index contributed by atoms with van der Waals surface area (Å²) < 4.78 is 14.7. The summed E-state index contributed by atoms with van der Waals surface area (Å²) in [6.07, 6.45) is 3.68. The molecule has 6 aromatic rings. The third-order valence-electron chi connectivity index (χ3n) is 5.88. The second-order valence-corrected chi connectivity index (χ2v) is 8.44. The molecule has 0 atom stereocenters. The predicted molar refractivity (Wildman–Crippen MR) is 146 cm³/mol. The molecule has 180 valence electrons. The van der Waals surface area contributed by atoms with Crippen LogP contribution < -0.4 is 21.2 Å². The average molecular weight is 477 g/mol. The van der Waals surface area contributed by atoms with E-state index < -0.39 is 0 Å². The average Bonchev–Trinajstić information content (AvgIpc) is 3.49. The van der Waals surface area contributed by atoms with Crippen molar-refractivity contribution in [1.29, 1.82) is 0 Å². The minimum absolute atomic E-state index is 0.579. The maximum atomic E-state index is 5.77. The standard InChI is InChI=1S/2C15H14N2O/c2*16-17-9-8-13-10-14(6-7-15(13)17)18-11-12-4-2-1-3-5-12/h2*1-10H,11,16H2. The first-order chi connectivity index (χ1) is 17.7. The molecule has 4 N–H and O–H groups in total. The molecule has 0 spiro atoms. The van der Waals surface area contributed by atoms with E-state index in [2.05, 4.69) is 24.3 Å². The van der Waals surface area contributed by atoms with Crippen LogP contribution in [0.3, 0.4) is 0 Å². The van der Waals surface area contributed by atoms with Gasteiger partial charge < -0.3 is 21.2 Å². The Morgan fingerprint density at radius 3 is 1.33 bits per heavy atom. The van der Waals surface area contributed by atoms with E-state index in [0.717, 1.165) is 44.4 Å². The molecule has 2 heterocycles. The van der Waals surface area contributed by atoms with Gasteiger partial charge in [-0.05, 0) is 59.7 Å². The van der Waals surface area contributed by atoms with Crippen molar-refractivity contribution in [3.8, 4) is 11.5 Å². The molecule has 0 fully saturated rings. The molecule has 0 aliphatic rings. The number of ether oxygens (including phenoxy) is 2. The molecular weight excluding hydrogens is 448 g/mol. The van der Waals surface area contributed by atoms with Gasteiger partial charge in [-0.25, -0.2) is 0 Å². The first-order valence-electron chi connectivity index (χ1n) is 11.7. The van der Waals surface area contributed by atoms with Crippen molar-refractivity contribution in [2.45, 2.75) is 13.2 Å². The van der Waals surface area contributed by atoms with Gasteiger partial charge in [-0.15, -0.1) is 0 Å². The highest BCUT2D eigenvalue weighted by molar-refractivity contribution is 5.82. The van der Waals surface area contributed by atoms with E-state index in [1.165, 1.54) is 0 Å². The Hall–Kier alpha value is -4.84. The minimum atomic E-state index is 0.579. The zero-order chi connectivity index (χ0) is 24.7. The molecule has 6 heteroatoms. The summed E-state index contributed by atoms with van der Waals surface area (Å²) in [6.45, 7) is 1.16. The third-order valence-corrected chi connectivity index (χ3v) is 5.88. The Labute approximate surface area is 209 Å². The van der Waals surface area contributed by atoms with Crippen molar-refractivity contribution >= 4 is 21.8 Å².